The number of hydrogen-bond acceptors (Lipinski definition) is 1. The molecule has 3 heteroatoms. The van der Waals surface area contributed by atoms with Gasteiger partial charge < -0.3 is 5.32 Å². The second kappa shape index (κ2) is 5.17. The molecule has 0 radical (unpaired) electrons. The highest BCUT2D eigenvalue weighted by atomic mass is 35.5. The minimum Gasteiger partial charge on any atom is -0.380 e. The van der Waals surface area contributed by atoms with E-state index in [1.54, 1.807) is 0 Å². The van der Waals surface area contributed by atoms with Gasteiger partial charge in [0.2, 0.25) is 5.52 Å². The van der Waals surface area contributed by atoms with E-state index in [1.165, 1.54) is 12.8 Å². The zero-order valence-electron chi connectivity index (χ0n) is 9.39. The van der Waals surface area contributed by atoms with Gasteiger partial charge in [-0.25, -0.2) is 4.98 Å². The number of halogens is 1. The lowest BCUT2D eigenvalue weighted by Gasteiger charge is -2.03. The lowest BCUT2D eigenvalue weighted by molar-refractivity contribution is -0.343. The van der Waals surface area contributed by atoms with Crippen LogP contribution >= 0.6 is 11.6 Å². The van der Waals surface area contributed by atoms with Gasteiger partial charge in [-0.05, 0) is 24.6 Å². The van der Waals surface area contributed by atoms with Crippen molar-refractivity contribution in [1.29, 1.82) is 0 Å². The van der Waals surface area contributed by atoms with E-state index in [-0.39, 0.29) is 0 Å². The van der Waals surface area contributed by atoms with Crippen LogP contribution in [0.1, 0.15) is 19.8 Å². The summed E-state index contributed by atoms with van der Waals surface area (Å²) in [5, 5.41) is 5.29. The van der Waals surface area contributed by atoms with Crippen molar-refractivity contribution in [3.8, 4) is 0 Å². The topological polar surface area (TPSA) is 26.2 Å². The summed E-state index contributed by atoms with van der Waals surface area (Å²) in [6, 6.07) is 7.98. The van der Waals surface area contributed by atoms with Crippen molar-refractivity contribution in [2.45, 2.75) is 19.8 Å². The molecule has 2 N–H and O–H groups in total. The maximum atomic E-state index is 5.96. The molecule has 0 aliphatic carbocycles. The highest BCUT2D eigenvalue weighted by Crippen LogP contribution is 2.18. The van der Waals surface area contributed by atoms with E-state index in [4.69, 9.17) is 11.6 Å². The highest BCUT2D eigenvalue weighted by molar-refractivity contribution is 6.31. The Morgan fingerprint density at radius 3 is 3.00 bits per heavy atom. The molecule has 0 atom stereocenters. The lowest BCUT2D eigenvalue weighted by Crippen LogP contribution is -2.08. The van der Waals surface area contributed by atoms with Crippen LogP contribution in [-0.4, -0.2) is 6.54 Å². The predicted molar refractivity (Wildman–Crippen MR) is 68.9 cm³/mol. The van der Waals surface area contributed by atoms with Gasteiger partial charge >= 0.3 is 0 Å². The Morgan fingerprint density at radius 1 is 1.31 bits per heavy atom. The second-order valence-corrected chi connectivity index (χ2v) is 4.34. The average Bonchev–Trinajstić information content (AvgIpc) is 2.29. The summed E-state index contributed by atoms with van der Waals surface area (Å²) in [4.78, 5) is 3.25. The molecule has 2 nitrogen and oxygen atoms in total. The van der Waals surface area contributed by atoms with Gasteiger partial charge in [-0.1, -0.05) is 24.9 Å². The standard InChI is InChI=1S/C13H15ClN2/c1-2-3-6-15-12-8-10-7-11(14)4-5-13(10)16-9-12/h4-5,7-9,15H,2-3,6H2,1H3/p+1. The van der Waals surface area contributed by atoms with Crippen LogP contribution in [0, 0.1) is 0 Å². The Labute approximate surface area is 101 Å². The summed E-state index contributed by atoms with van der Waals surface area (Å²) in [7, 11) is 0. The fraction of sp³-hybridized carbons (Fsp3) is 0.308. The van der Waals surface area contributed by atoms with Crippen LogP contribution in [-0.2, 0) is 0 Å². The van der Waals surface area contributed by atoms with Gasteiger partial charge in [-0.15, -0.1) is 0 Å². The van der Waals surface area contributed by atoms with Crippen molar-refractivity contribution in [3.05, 3.63) is 35.5 Å². The third kappa shape index (κ3) is 2.64. The highest BCUT2D eigenvalue weighted by Gasteiger charge is 2.03. The first-order chi connectivity index (χ1) is 7.79. The Hall–Kier alpha value is -1.28. The van der Waals surface area contributed by atoms with Crippen molar-refractivity contribution < 1.29 is 4.98 Å². The maximum absolute atomic E-state index is 5.96. The van der Waals surface area contributed by atoms with E-state index in [9.17, 15) is 0 Å². The zero-order chi connectivity index (χ0) is 11.4. The van der Waals surface area contributed by atoms with E-state index in [2.05, 4.69) is 23.3 Å². The number of benzene rings is 1. The van der Waals surface area contributed by atoms with Crippen molar-refractivity contribution in [2.75, 3.05) is 11.9 Å². The molecule has 2 rings (SSSR count). The summed E-state index contributed by atoms with van der Waals surface area (Å²) < 4.78 is 0. The molecule has 0 aliphatic heterocycles. The first-order valence-electron chi connectivity index (χ1n) is 5.64. The maximum Gasteiger partial charge on any atom is 0.211 e. The Balaban J connectivity index is 2.21. The molecule has 0 saturated carbocycles. The Bertz CT molecular complexity index is 482. The van der Waals surface area contributed by atoms with Crippen LogP contribution < -0.4 is 10.3 Å². The van der Waals surface area contributed by atoms with Gasteiger partial charge in [-0.3, -0.25) is 0 Å². The molecular weight excluding hydrogens is 220 g/mol. The molecule has 0 amide bonds. The van der Waals surface area contributed by atoms with Gasteiger partial charge in [0.15, 0.2) is 6.20 Å². The number of aromatic nitrogens is 1. The fourth-order valence-corrected chi connectivity index (χ4v) is 1.84. The van der Waals surface area contributed by atoms with Crippen LogP contribution in [0.5, 0.6) is 0 Å². The molecule has 0 unspecified atom stereocenters. The Morgan fingerprint density at radius 2 is 2.19 bits per heavy atom. The molecule has 84 valence electrons. The molecule has 0 bridgehead atoms. The van der Waals surface area contributed by atoms with Crippen LogP contribution in [0.15, 0.2) is 30.5 Å². The smallest absolute Gasteiger partial charge is 0.211 e. The molecule has 16 heavy (non-hydrogen) atoms. The number of unbranched alkanes of at least 4 members (excludes halogenated alkanes) is 1. The molecule has 0 fully saturated rings. The summed E-state index contributed by atoms with van der Waals surface area (Å²) in [5.74, 6) is 0. The minimum absolute atomic E-state index is 0.770. The molecule has 0 spiro atoms. The SMILES string of the molecule is CCCCNc1c[nH+]c2ccc(Cl)cc2c1. The van der Waals surface area contributed by atoms with E-state index >= 15 is 0 Å². The molecule has 1 aromatic heterocycles. The molecule has 1 aromatic carbocycles. The predicted octanol–water partition coefficient (Wildman–Crippen LogP) is 3.52. The van der Waals surface area contributed by atoms with E-state index in [0.717, 1.165) is 28.2 Å². The summed E-state index contributed by atoms with van der Waals surface area (Å²) in [6.45, 7) is 3.20. The van der Waals surface area contributed by atoms with Gasteiger partial charge in [0.05, 0.1) is 5.69 Å². The normalized spacial score (nSPS) is 10.6. The number of fused-ring (bicyclic) bond motifs is 1. The lowest BCUT2D eigenvalue weighted by atomic mass is 10.2. The quantitative estimate of drug-likeness (QED) is 0.807. The van der Waals surface area contributed by atoms with Crippen molar-refractivity contribution in [3.63, 3.8) is 0 Å². The molecule has 2 aromatic rings. The number of aromatic amines is 1. The Kier molecular flexibility index (Phi) is 3.62. The largest absolute Gasteiger partial charge is 0.380 e. The molecule has 1 heterocycles. The van der Waals surface area contributed by atoms with Gasteiger partial charge in [-0.2, -0.15) is 0 Å². The van der Waals surface area contributed by atoms with Crippen LogP contribution in [0.3, 0.4) is 0 Å². The number of rotatable bonds is 4. The van der Waals surface area contributed by atoms with Gasteiger partial charge in [0.25, 0.3) is 0 Å². The third-order valence-electron chi connectivity index (χ3n) is 2.57. The van der Waals surface area contributed by atoms with Gasteiger partial charge in [0.1, 0.15) is 0 Å². The molecular formula is C13H16ClN2+. The van der Waals surface area contributed by atoms with E-state index in [0.29, 0.717) is 0 Å². The van der Waals surface area contributed by atoms with Gasteiger partial charge in [0, 0.05) is 23.0 Å². The van der Waals surface area contributed by atoms with Crippen molar-refractivity contribution in [1.82, 2.24) is 0 Å². The number of anilines is 1. The average molecular weight is 236 g/mol. The molecule has 0 saturated heterocycles. The van der Waals surface area contributed by atoms with Crippen LogP contribution in [0.4, 0.5) is 5.69 Å². The number of nitrogens with one attached hydrogen (secondary N) is 2. The number of H-pyrrole nitrogens is 1. The number of pyridine rings is 1. The van der Waals surface area contributed by atoms with Crippen molar-refractivity contribution >= 4 is 28.2 Å². The zero-order valence-corrected chi connectivity index (χ0v) is 10.1. The third-order valence-corrected chi connectivity index (χ3v) is 2.80. The summed E-state index contributed by atoms with van der Waals surface area (Å²) in [6.07, 6.45) is 4.38. The second-order valence-electron chi connectivity index (χ2n) is 3.90. The molecule has 0 aliphatic rings. The monoisotopic (exact) mass is 235 g/mol. The first-order valence-corrected chi connectivity index (χ1v) is 6.02. The summed E-state index contributed by atoms with van der Waals surface area (Å²) in [5.41, 5.74) is 2.22. The van der Waals surface area contributed by atoms with Crippen molar-refractivity contribution in [2.24, 2.45) is 0 Å². The first kappa shape index (κ1) is 11.2. The fourth-order valence-electron chi connectivity index (χ4n) is 1.66. The number of hydrogen-bond donors (Lipinski definition) is 1. The van der Waals surface area contributed by atoms with E-state index < -0.39 is 0 Å². The summed E-state index contributed by atoms with van der Waals surface area (Å²) >= 11 is 5.96. The minimum atomic E-state index is 0.770. The van der Waals surface area contributed by atoms with E-state index in [1.807, 2.05) is 24.4 Å². The van der Waals surface area contributed by atoms with Crippen LogP contribution in [0.2, 0.25) is 5.02 Å². The van der Waals surface area contributed by atoms with Crippen LogP contribution in [0.25, 0.3) is 10.9 Å².